The first kappa shape index (κ1) is 25.8. The molecule has 36 heavy (non-hydrogen) atoms. The number of ether oxygens (including phenoxy) is 2. The van der Waals surface area contributed by atoms with E-state index in [-0.39, 0.29) is 5.91 Å². The number of benzene rings is 2. The number of anilines is 1. The molecule has 4 rings (SSSR count). The summed E-state index contributed by atoms with van der Waals surface area (Å²) in [6, 6.07) is 14.4. The highest BCUT2D eigenvalue weighted by atomic mass is 16.6. The summed E-state index contributed by atoms with van der Waals surface area (Å²) in [6.07, 6.45) is 4.11. The molecule has 0 saturated carbocycles. The van der Waals surface area contributed by atoms with Crippen LogP contribution in [0.2, 0.25) is 0 Å². The SMILES string of the molecule is C[C@@H](OCc1ccccc1)[C@@H](NC(=O)OC(C)(C)C)C(=O)Nc1ccc2oc3c(c2c1)CCCCC3. The van der Waals surface area contributed by atoms with Gasteiger partial charge in [-0.25, -0.2) is 4.79 Å². The molecule has 0 saturated heterocycles. The number of carbonyl (C=O) groups is 2. The van der Waals surface area contributed by atoms with Gasteiger partial charge in [-0.2, -0.15) is 0 Å². The molecule has 2 amide bonds. The minimum absolute atomic E-state index is 0.314. The van der Waals surface area contributed by atoms with Crippen LogP contribution in [0.5, 0.6) is 0 Å². The van der Waals surface area contributed by atoms with Crippen LogP contribution in [0.25, 0.3) is 11.0 Å². The van der Waals surface area contributed by atoms with Crippen molar-refractivity contribution < 1.29 is 23.5 Å². The molecule has 1 aromatic heterocycles. The summed E-state index contributed by atoms with van der Waals surface area (Å²) in [5.41, 5.74) is 3.01. The van der Waals surface area contributed by atoms with Crippen molar-refractivity contribution in [3.63, 3.8) is 0 Å². The van der Waals surface area contributed by atoms with E-state index in [1.165, 1.54) is 12.0 Å². The van der Waals surface area contributed by atoms with Gasteiger partial charge in [0.25, 0.3) is 0 Å². The number of alkyl carbamates (subject to hydrolysis) is 1. The third kappa shape index (κ3) is 6.66. The molecule has 0 spiro atoms. The number of furan rings is 1. The first-order valence-electron chi connectivity index (χ1n) is 12.7. The lowest BCUT2D eigenvalue weighted by Crippen LogP contribution is -2.52. The van der Waals surface area contributed by atoms with Gasteiger partial charge in [-0.3, -0.25) is 4.79 Å². The van der Waals surface area contributed by atoms with Crippen LogP contribution < -0.4 is 10.6 Å². The van der Waals surface area contributed by atoms with Crippen LogP contribution in [-0.4, -0.2) is 29.7 Å². The third-order valence-corrected chi connectivity index (χ3v) is 6.25. The van der Waals surface area contributed by atoms with Crippen molar-refractivity contribution in [3.8, 4) is 0 Å². The zero-order valence-corrected chi connectivity index (χ0v) is 21.6. The van der Waals surface area contributed by atoms with Crippen molar-refractivity contribution in [2.75, 3.05) is 5.32 Å². The number of fused-ring (bicyclic) bond motifs is 3. The molecule has 2 aromatic carbocycles. The molecule has 0 bridgehead atoms. The smallest absolute Gasteiger partial charge is 0.408 e. The average molecular weight is 493 g/mol. The van der Waals surface area contributed by atoms with Crippen molar-refractivity contribution in [1.29, 1.82) is 0 Å². The Morgan fingerprint density at radius 3 is 2.53 bits per heavy atom. The summed E-state index contributed by atoms with van der Waals surface area (Å²) in [5, 5.41) is 6.70. The molecule has 7 heteroatoms. The van der Waals surface area contributed by atoms with E-state index in [1.807, 2.05) is 48.5 Å². The minimum Gasteiger partial charge on any atom is -0.461 e. The number of hydrogen-bond acceptors (Lipinski definition) is 5. The van der Waals surface area contributed by atoms with Gasteiger partial charge in [0, 0.05) is 23.1 Å². The Morgan fingerprint density at radius 1 is 1.03 bits per heavy atom. The largest absolute Gasteiger partial charge is 0.461 e. The van der Waals surface area contributed by atoms with E-state index in [0.717, 1.165) is 48.0 Å². The standard InChI is InChI=1S/C29H36N2O5/c1-19(34-18-20-11-7-5-8-12-20)26(31-28(33)36-29(2,3)4)27(32)30-21-15-16-25-23(17-21)22-13-9-6-10-14-24(22)35-25/h5,7-8,11-12,15-17,19,26H,6,9-10,13-14,18H2,1-4H3,(H,30,32)(H,31,33)/t19-,26-/m1/s1. The van der Waals surface area contributed by atoms with Gasteiger partial charge in [0.1, 0.15) is 23.0 Å². The molecule has 2 N–H and O–H groups in total. The van der Waals surface area contributed by atoms with Crippen LogP contribution >= 0.6 is 0 Å². The van der Waals surface area contributed by atoms with Crippen molar-refractivity contribution in [2.45, 2.75) is 84.2 Å². The summed E-state index contributed by atoms with van der Waals surface area (Å²) in [7, 11) is 0. The van der Waals surface area contributed by atoms with Crippen LogP contribution in [0.3, 0.4) is 0 Å². The fourth-order valence-electron chi connectivity index (χ4n) is 4.47. The number of hydrogen-bond donors (Lipinski definition) is 2. The normalized spacial score (nSPS) is 15.4. The second-order valence-corrected chi connectivity index (χ2v) is 10.4. The predicted molar refractivity (Wildman–Crippen MR) is 140 cm³/mol. The molecule has 1 heterocycles. The van der Waals surface area contributed by atoms with Gasteiger partial charge in [-0.15, -0.1) is 0 Å². The maximum absolute atomic E-state index is 13.4. The first-order valence-corrected chi connectivity index (χ1v) is 12.7. The third-order valence-electron chi connectivity index (χ3n) is 6.25. The number of carbonyl (C=O) groups excluding carboxylic acids is 2. The number of nitrogens with one attached hydrogen (secondary N) is 2. The number of amides is 2. The predicted octanol–water partition coefficient (Wildman–Crippen LogP) is 6.14. The van der Waals surface area contributed by atoms with Crippen molar-refractivity contribution in [1.82, 2.24) is 5.32 Å². The van der Waals surface area contributed by atoms with Gasteiger partial charge in [-0.1, -0.05) is 36.8 Å². The van der Waals surface area contributed by atoms with Gasteiger partial charge >= 0.3 is 6.09 Å². The number of rotatable bonds is 7. The van der Waals surface area contributed by atoms with Crippen molar-refractivity contribution >= 4 is 28.7 Å². The summed E-state index contributed by atoms with van der Waals surface area (Å²) in [4.78, 5) is 26.0. The summed E-state index contributed by atoms with van der Waals surface area (Å²) < 4.78 is 17.5. The molecule has 0 fully saturated rings. The minimum atomic E-state index is -0.958. The van der Waals surface area contributed by atoms with Crippen LogP contribution in [0.4, 0.5) is 10.5 Å². The van der Waals surface area contributed by atoms with E-state index in [2.05, 4.69) is 10.6 Å². The Kier molecular flexibility index (Phi) is 7.99. The molecule has 0 aliphatic heterocycles. The highest BCUT2D eigenvalue weighted by molar-refractivity contribution is 5.99. The van der Waals surface area contributed by atoms with Gasteiger partial charge in [0.15, 0.2) is 0 Å². The molecule has 3 aromatic rings. The van der Waals surface area contributed by atoms with E-state index in [1.54, 1.807) is 27.7 Å². The summed E-state index contributed by atoms with van der Waals surface area (Å²) in [6.45, 7) is 7.42. The molecule has 1 aliphatic carbocycles. The Hall–Kier alpha value is -3.32. The summed E-state index contributed by atoms with van der Waals surface area (Å²) >= 11 is 0. The molecule has 0 unspecified atom stereocenters. The van der Waals surface area contributed by atoms with Gasteiger partial charge in [0.2, 0.25) is 5.91 Å². The topological polar surface area (TPSA) is 89.8 Å². The molecular formula is C29H36N2O5. The Bertz CT molecular complexity index is 1200. The lowest BCUT2D eigenvalue weighted by Gasteiger charge is -2.27. The van der Waals surface area contributed by atoms with Gasteiger partial charge in [-0.05, 0) is 70.7 Å². The van der Waals surface area contributed by atoms with E-state index in [0.29, 0.717) is 12.3 Å². The van der Waals surface area contributed by atoms with Crippen LogP contribution in [-0.2, 0) is 33.7 Å². The second-order valence-electron chi connectivity index (χ2n) is 10.4. The Balaban J connectivity index is 1.51. The maximum atomic E-state index is 13.4. The number of aryl methyl sites for hydroxylation is 2. The maximum Gasteiger partial charge on any atom is 0.408 e. The average Bonchev–Trinajstić information content (AvgIpc) is 3.00. The Labute approximate surface area is 212 Å². The van der Waals surface area contributed by atoms with Crippen LogP contribution in [0, 0.1) is 0 Å². The Morgan fingerprint density at radius 2 is 1.78 bits per heavy atom. The lowest BCUT2D eigenvalue weighted by atomic mass is 10.1. The first-order chi connectivity index (χ1) is 17.2. The van der Waals surface area contributed by atoms with Crippen LogP contribution in [0.1, 0.15) is 63.8 Å². The lowest BCUT2D eigenvalue weighted by molar-refractivity contribution is -0.122. The molecule has 7 nitrogen and oxygen atoms in total. The quantitative estimate of drug-likeness (QED) is 0.387. The zero-order chi connectivity index (χ0) is 25.7. The molecule has 0 radical (unpaired) electrons. The van der Waals surface area contributed by atoms with Crippen molar-refractivity contribution in [2.24, 2.45) is 0 Å². The highest BCUT2D eigenvalue weighted by Gasteiger charge is 2.30. The zero-order valence-electron chi connectivity index (χ0n) is 21.6. The molecule has 192 valence electrons. The monoisotopic (exact) mass is 492 g/mol. The summed E-state index contributed by atoms with van der Waals surface area (Å²) in [5.74, 6) is 0.675. The highest BCUT2D eigenvalue weighted by Crippen LogP contribution is 2.33. The second kappa shape index (κ2) is 11.2. The fraction of sp³-hybridized carbons (Fsp3) is 0.448. The molecular weight excluding hydrogens is 456 g/mol. The molecule has 2 atom stereocenters. The molecule has 1 aliphatic rings. The van der Waals surface area contributed by atoms with Gasteiger partial charge < -0.3 is 24.5 Å². The van der Waals surface area contributed by atoms with E-state index >= 15 is 0 Å². The van der Waals surface area contributed by atoms with E-state index in [4.69, 9.17) is 13.9 Å². The van der Waals surface area contributed by atoms with E-state index in [9.17, 15) is 9.59 Å². The fourth-order valence-corrected chi connectivity index (χ4v) is 4.47. The van der Waals surface area contributed by atoms with Gasteiger partial charge in [0.05, 0.1) is 12.7 Å². The van der Waals surface area contributed by atoms with Crippen LogP contribution in [0.15, 0.2) is 52.9 Å². The van der Waals surface area contributed by atoms with E-state index < -0.39 is 23.8 Å². The van der Waals surface area contributed by atoms with Crippen molar-refractivity contribution in [3.05, 3.63) is 65.4 Å².